The zero-order valence-electron chi connectivity index (χ0n) is 9.26. The van der Waals surface area contributed by atoms with Crippen molar-refractivity contribution < 1.29 is 8.78 Å². The van der Waals surface area contributed by atoms with Gasteiger partial charge in [-0.05, 0) is 30.4 Å². The van der Waals surface area contributed by atoms with Gasteiger partial charge in [-0.1, -0.05) is 30.3 Å². The molecular formula is C13H17F2N. The van der Waals surface area contributed by atoms with E-state index in [1.807, 2.05) is 30.3 Å². The number of alkyl halides is 2. The second kappa shape index (κ2) is 4.13. The van der Waals surface area contributed by atoms with Crippen molar-refractivity contribution in [3.63, 3.8) is 0 Å². The van der Waals surface area contributed by atoms with Gasteiger partial charge >= 0.3 is 0 Å². The summed E-state index contributed by atoms with van der Waals surface area (Å²) in [6.45, 7) is 0.370. The first-order chi connectivity index (χ1) is 7.55. The van der Waals surface area contributed by atoms with Gasteiger partial charge in [0.15, 0.2) is 0 Å². The molecule has 0 aromatic heterocycles. The summed E-state index contributed by atoms with van der Waals surface area (Å²) in [5.41, 5.74) is 6.50. The number of halogens is 2. The summed E-state index contributed by atoms with van der Waals surface area (Å²) in [5.74, 6) is -2.48. The summed E-state index contributed by atoms with van der Waals surface area (Å²) in [7, 11) is 0. The Morgan fingerprint density at radius 2 is 1.75 bits per heavy atom. The van der Waals surface area contributed by atoms with Crippen molar-refractivity contribution in [2.45, 2.75) is 31.6 Å². The lowest BCUT2D eigenvalue weighted by atomic mass is 9.63. The first-order valence-electron chi connectivity index (χ1n) is 5.67. The molecule has 0 radical (unpaired) electrons. The molecule has 2 N–H and O–H groups in total. The third-order valence-electron chi connectivity index (χ3n) is 3.49. The Morgan fingerprint density at radius 1 is 1.12 bits per heavy atom. The molecule has 0 bridgehead atoms. The molecule has 1 aromatic rings. The predicted octanol–water partition coefficient (Wildman–Crippen LogP) is 2.99. The standard InChI is InChI=1S/C13H17F2N/c14-13(15)8-12(9-13,10-16)7-6-11-4-2-1-3-5-11/h1-5H,6-10,16H2. The van der Waals surface area contributed by atoms with Crippen LogP contribution < -0.4 is 5.73 Å². The Bertz CT molecular complexity index is 340. The number of aryl methyl sites for hydroxylation is 1. The predicted molar refractivity (Wildman–Crippen MR) is 60.4 cm³/mol. The normalized spacial score (nSPS) is 21.4. The third-order valence-corrected chi connectivity index (χ3v) is 3.49. The maximum atomic E-state index is 12.9. The minimum absolute atomic E-state index is 0.0384. The van der Waals surface area contributed by atoms with Crippen molar-refractivity contribution in [2.75, 3.05) is 6.54 Å². The van der Waals surface area contributed by atoms with E-state index >= 15 is 0 Å². The Morgan fingerprint density at radius 3 is 2.25 bits per heavy atom. The topological polar surface area (TPSA) is 26.0 Å². The van der Waals surface area contributed by atoms with Crippen molar-refractivity contribution in [3.05, 3.63) is 35.9 Å². The summed E-state index contributed by atoms with van der Waals surface area (Å²) >= 11 is 0. The molecule has 1 aliphatic rings. The van der Waals surface area contributed by atoms with Crippen LogP contribution in [0.25, 0.3) is 0 Å². The third kappa shape index (κ3) is 2.40. The van der Waals surface area contributed by atoms with Gasteiger partial charge in [-0.25, -0.2) is 8.78 Å². The van der Waals surface area contributed by atoms with Gasteiger partial charge < -0.3 is 5.73 Å². The molecule has 1 aromatic carbocycles. The Hall–Kier alpha value is -0.960. The van der Waals surface area contributed by atoms with Crippen LogP contribution in [0.15, 0.2) is 30.3 Å². The van der Waals surface area contributed by atoms with E-state index in [2.05, 4.69) is 0 Å². The van der Waals surface area contributed by atoms with Gasteiger partial charge in [-0.3, -0.25) is 0 Å². The van der Waals surface area contributed by atoms with Crippen molar-refractivity contribution in [2.24, 2.45) is 11.1 Å². The molecule has 0 heterocycles. The minimum Gasteiger partial charge on any atom is -0.330 e. The van der Waals surface area contributed by atoms with Gasteiger partial charge in [0.2, 0.25) is 5.92 Å². The SMILES string of the molecule is NCC1(CCc2ccccc2)CC(F)(F)C1. The van der Waals surface area contributed by atoms with E-state index in [1.54, 1.807) is 0 Å². The molecule has 0 atom stereocenters. The van der Waals surface area contributed by atoms with E-state index in [-0.39, 0.29) is 18.3 Å². The zero-order chi connectivity index (χ0) is 11.6. The molecule has 16 heavy (non-hydrogen) atoms. The molecule has 0 unspecified atom stereocenters. The molecule has 88 valence electrons. The van der Waals surface area contributed by atoms with Crippen LogP contribution in [-0.2, 0) is 6.42 Å². The molecule has 0 spiro atoms. The summed E-state index contributed by atoms with van der Waals surface area (Å²) in [5, 5.41) is 0. The van der Waals surface area contributed by atoms with Gasteiger partial charge in [0, 0.05) is 12.8 Å². The highest BCUT2D eigenvalue weighted by atomic mass is 19.3. The van der Waals surface area contributed by atoms with Crippen LogP contribution in [0.1, 0.15) is 24.8 Å². The first-order valence-corrected chi connectivity index (χ1v) is 5.67. The summed E-state index contributed by atoms with van der Waals surface area (Å²) in [4.78, 5) is 0. The van der Waals surface area contributed by atoms with Crippen molar-refractivity contribution in [1.29, 1.82) is 0 Å². The number of hydrogen-bond acceptors (Lipinski definition) is 1. The number of nitrogens with two attached hydrogens (primary N) is 1. The van der Waals surface area contributed by atoms with Crippen molar-refractivity contribution in [1.82, 2.24) is 0 Å². The number of benzene rings is 1. The van der Waals surface area contributed by atoms with Crippen LogP contribution in [0.4, 0.5) is 8.78 Å². The average Bonchev–Trinajstić information content (AvgIpc) is 2.24. The molecule has 1 fully saturated rings. The smallest absolute Gasteiger partial charge is 0.249 e. The fourth-order valence-electron chi connectivity index (χ4n) is 2.52. The van der Waals surface area contributed by atoms with Gasteiger partial charge in [0.25, 0.3) is 0 Å². The van der Waals surface area contributed by atoms with E-state index < -0.39 is 5.92 Å². The lowest BCUT2D eigenvalue weighted by molar-refractivity contribution is -0.159. The van der Waals surface area contributed by atoms with Gasteiger partial charge in [-0.15, -0.1) is 0 Å². The molecule has 0 amide bonds. The summed E-state index contributed by atoms with van der Waals surface area (Å²) in [6, 6.07) is 9.96. The molecule has 2 rings (SSSR count). The van der Waals surface area contributed by atoms with Crippen LogP contribution in [0.2, 0.25) is 0 Å². The number of rotatable bonds is 4. The monoisotopic (exact) mass is 225 g/mol. The Balaban J connectivity index is 1.90. The maximum absolute atomic E-state index is 12.9. The largest absolute Gasteiger partial charge is 0.330 e. The molecule has 0 aliphatic heterocycles. The average molecular weight is 225 g/mol. The van der Waals surface area contributed by atoms with E-state index in [9.17, 15) is 8.78 Å². The summed E-state index contributed by atoms with van der Waals surface area (Å²) < 4.78 is 25.8. The van der Waals surface area contributed by atoms with Gasteiger partial charge in [0.05, 0.1) is 0 Å². The van der Waals surface area contributed by atoms with Crippen LogP contribution in [-0.4, -0.2) is 12.5 Å². The molecule has 1 aliphatic carbocycles. The zero-order valence-corrected chi connectivity index (χ0v) is 9.26. The molecular weight excluding hydrogens is 208 g/mol. The van der Waals surface area contributed by atoms with Crippen LogP contribution in [0.3, 0.4) is 0 Å². The van der Waals surface area contributed by atoms with Crippen molar-refractivity contribution >= 4 is 0 Å². The highest BCUT2D eigenvalue weighted by molar-refractivity contribution is 5.15. The second-order valence-electron chi connectivity index (χ2n) is 4.90. The van der Waals surface area contributed by atoms with Crippen molar-refractivity contribution in [3.8, 4) is 0 Å². The number of hydrogen-bond donors (Lipinski definition) is 1. The second-order valence-corrected chi connectivity index (χ2v) is 4.90. The highest BCUT2D eigenvalue weighted by Gasteiger charge is 2.54. The molecule has 0 saturated heterocycles. The minimum atomic E-state index is -2.48. The lowest BCUT2D eigenvalue weighted by Gasteiger charge is -2.47. The Kier molecular flexibility index (Phi) is 2.98. The molecule has 1 saturated carbocycles. The van der Waals surface area contributed by atoms with Gasteiger partial charge in [-0.2, -0.15) is 0 Å². The molecule has 3 heteroatoms. The maximum Gasteiger partial charge on any atom is 0.249 e. The summed E-state index contributed by atoms with van der Waals surface area (Å²) in [6.07, 6.45) is 1.53. The van der Waals surface area contributed by atoms with E-state index in [1.165, 1.54) is 5.56 Å². The van der Waals surface area contributed by atoms with E-state index in [4.69, 9.17) is 5.73 Å². The highest BCUT2D eigenvalue weighted by Crippen LogP contribution is 2.53. The lowest BCUT2D eigenvalue weighted by Crippen LogP contribution is -2.50. The van der Waals surface area contributed by atoms with Crippen LogP contribution >= 0.6 is 0 Å². The van der Waals surface area contributed by atoms with Crippen LogP contribution in [0.5, 0.6) is 0 Å². The van der Waals surface area contributed by atoms with Crippen LogP contribution in [0, 0.1) is 5.41 Å². The first kappa shape index (κ1) is 11.5. The fourth-order valence-corrected chi connectivity index (χ4v) is 2.52. The van der Waals surface area contributed by atoms with E-state index in [0.717, 1.165) is 12.8 Å². The quantitative estimate of drug-likeness (QED) is 0.837. The molecule has 1 nitrogen and oxygen atoms in total. The van der Waals surface area contributed by atoms with Gasteiger partial charge in [0.1, 0.15) is 0 Å². The van der Waals surface area contributed by atoms with E-state index in [0.29, 0.717) is 6.54 Å². The Labute approximate surface area is 94.7 Å². The fraction of sp³-hybridized carbons (Fsp3) is 0.538.